The summed E-state index contributed by atoms with van der Waals surface area (Å²) in [5, 5.41) is 0. The van der Waals surface area contributed by atoms with Crippen molar-refractivity contribution in [3.8, 4) is 45.8 Å². The molecule has 10 heteroatoms. The summed E-state index contributed by atoms with van der Waals surface area (Å²) in [6.45, 7) is 22.2. The summed E-state index contributed by atoms with van der Waals surface area (Å²) in [6, 6.07) is 19.6. The van der Waals surface area contributed by atoms with Crippen molar-refractivity contribution in [2.75, 3.05) is 13.2 Å². The van der Waals surface area contributed by atoms with Gasteiger partial charge in [-0.25, -0.2) is 19.9 Å². The smallest absolute Gasteiger partial charge is 0.163 e. The van der Waals surface area contributed by atoms with Crippen LogP contribution in [0.1, 0.15) is 114 Å². The maximum Gasteiger partial charge on any atom is 0.163 e. The van der Waals surface area contributed by atoms with Gasteiger partial charge in [-0.1, -0.05) is 147 Å². The molecule has 2 atom stereocenters. The minimum atomic E-state index is -1.12. The number of benzene rings is 2. The molecule has 1 fully saturated rings. The fourth-order valence-corrected chi connectivity index (χ4v) is 13.3. The molecule has 4 aromatic rings. The van der Waals surface area contributed by atoms with Gasteiger partial charge < -0.3 is 18.9 Å². The average molecular weight is 825 g/mol. The first-order valence-electron chi connectivity index (χ1n) is 22.4. The Labute approximate surface area is 352 Å². The first-order chi connectivity index (χ1) is 27.9. The molecule has 316 valence electrons. The number of aromatic nitrogens is 4. The molecule has 0 bridgehead atoms. The van der Waals surface area contributed by atoms with E-state index in [2.05, 4.69) is 53.0 Å². The molecule has 1 saturated heterocycles. The summed E-state index contributed by atoms with van der Waals surface area (Å²) in [5.41, 5.74) is 4.31. The second kappa shape index (κ2) is 22.1. The van der Waals surface area contributed by atoms with E-state index in [0.29, 0.717) is 36.4 Å². The summed E-state index contributed by atoms with van der Waals surface area (Å²) in [5.74, 6) is 3.97. The Hall–Kier alpha value is -3.61. The molecule has 3 heterocycles. The van der Waals surface area contributed by atoms with Crippen molar-refractivity contribution in [3.63, 3.8) is 0 Å². The lowest BCUT2D eigenvalue weighted by molar-refractivity contribution is 0.304. The van der Waals surface area contributed by atoms with Crippen LogP contribution in [0.15, 0.2) is 54.9 Å². The first-order valence-corrected chi connectivity index (χ1v) is 29.3. The van der Waals surface area contributed by atoms with E-state index >= 15 is 0 Å². The molecule has 0 aliphatic carbocycles. The SMILES string of the molecule is CCCC[C@@H]1O[C@H]1c1cccc(Oc2ccccc2-c2ncc(OCCCC[Si](C)(C)CCCC)c(C)n2)c1-c1ncc(OCCCC[Si](C)(C)CCCC)c(C)n1. The summed E-state index contributed by atoms with van der Waals surface area (Å²) in [4.78, 5) is 19.6. The van der Waals surface area contributed by atoms with Gasteiger partial charge >= 0.3 is 0 Å². The Morgan fingerprint density at radius 1 is 0.586 bits per heavy atom. The van der Waals surface area contributed by atoms with Crippen molar-refractivity contribution in [1.29, 1.82) is 0 Å². The molecule has 0 amide bonds. The van der Waals surface area contributed by atoms with E-state index in [1.54, 1.807) is 6.20 Å². The summed E-state index contributed by atoms with van der Waals surface area (Å²) >= 11 is 0. The van der Waals surface area contributed by atoms with Crippen molar-refractivity contribution in [2.45, 2.75) is 168 Å². The van der Waals surface area contributed by atoms with Crippen LogP contribution < -0.4 is 14.2 Å². The fourth-order valence-electron chi connectivity index (χ4n) is 7.79. The molecule has 1 aliphatic rings. The third kappa shape index (κ3) is 13.5. The number of ether oxygens (including phenoxy) is 4. The normalized spacial score (nSPS) is 15.4. The van der Waals surface area contributed by atoms with Gasteiger partial charge in [-0.15, -0.1) is 0 Å². The monoisotopic (exact) mass is 825 g/mol. The Bertz CT molecular complexity index is 1890. The maximum atomic E-state index is 6.84. The molecule has 0 spiro atoms. The summed E-state index contributed by atoms with van der Waals surface area (Å²) in [6.07, 6.45) is 16.8. The molecule has 8 nitrogen and oxygen atoms in total. The van der Waals surface area contributed by atoms with Gasteiger partial charge in [0.1, 0.15) is 17.6 Å². The maximum absolute atomic E-state index is 6.84. The molecule has 0 saturated carbocycles. The molecular formula is C48H72N4O4Si2. The minimum Gasteiger partial charge on any atom is -0.490 e. The number of hydrogen-bond acceptors (Lipinski definition) is 8. The molecule has 1 aliphatic heterocycles. The zero-order valence-electron chi connectivity index (χ0n) is 37.3. The van der Waals surface area contributed by atoms with Crippen molar-refractivity contribution in [1.82, 2.24) is 19.9 Å². The molecule has 0 unspecified atom stereocenters. The van der Waals surface area contributed by atoms with Crippen LogP contribution in [0.25, 0.3) is 22.8 Å². The predicted molar refractivity (Wildman–Crippen MR) is 245 cm³/mol. The second-order valence-corrected chi connectivity index (χ2v) is 28.6. The number of unbranched alkanes of at least 4 members (excludes halogenated alkanes) is 5. The van der Waals surface area contributed by atoms with Crippen LogP contribution in [0, 0.1) is 13.8 Å². The number of hydrogen-bond donors (Lipinski definition) is 0. The van der Waals surface area contributed by atoms with E-state index < -0.39 is 16.1 Å². The Morgan fingerprint density at radius 3 is 1.71 bits per heavy atom. The van der Waals surface area contributed by atoms with Crippen LogP contribution in [-0.2, 0) is 4.74 Å². The van der Waals surface area contributed by atoms with Gasteiger partial charge in [-0.3, -0.25) is 0 Å². The molecule has 2 aromatic carbocycles. The number of para-hydroxylation sites is 1. The first kappa shape index (κ1) is 45.5. The quantitative estimate of drug-likeness (QED) is 0.0351. The average Bonchev–Trinajstić information content (AvgIpc) is 3.99. The van der Waals surface area contributed by atoms with Gasteiger partial charge in [0, 0.05) is 16.1 Å². The largest absolute Gasteiger partial charge is 0.490 e. The summed E-state index contributed by atoms with van der Waals surface area (Å²) in [7, 11) is -2.23. The number of aryl methyl sites for hydroxylation is 2. The lowest BCUT2D eigenvalue weighted by Gasteiger charge is -2.22. The van der Waals surface area contributed by atoms with Gasteiger partial charge in [0.15, 0.2) is 23.1 Å². The van der Waals surface area contributed by atoms with Crippen LogP contribution in [-0.4, -0.2) is 55.4 Å². The Morgan fingerprint density at radius 2 is 1.12 bits per heavy atom. The van der Waals surface area contributed by atoms with Gasteiger partial charge in [0.25, 0.3) is 0 Å². The van der Waals surface area contributed by atoms with Crippen molar-refractivity contribution in [3.05, 3.63) is 71.8 Å². The highest BCUT2D eigenvalue weighted by molar-refractivity contribution is 6.77. The zero-order chi connectivity index (χ0) is 41.5. The van der Waals surface area contributed by atoms with Crippen LogP contribution in [0.5, 0.6) is 23.0 Å². The van der Waals surface area contributed by atoms with Crippen LogP contribution in [0.4, 0.5) is 0 Å². The topological polar surface area (TPSA) is 91.8 Å². The molecular weight excluding hydrogens is 753 g/mol. The third-order valence-electron chi connectivity index (χ3n) is 11.7. The lowest BCUT2D eigenvalue weighted by atomic mass is 9.99. The third-order valence-corrected chi connectivity index (χ3v) is 18.5. The van der Waals surface area contributed by atoms with E-state index in [1.807, 2.05) is 56.4 Å². The van der Waals surface area contributed by atoms with Gasteiger partial charge in [-0.05, 0) is 56.9 Å². The van der Waals surface area contributed by atoms with E-state index in [4.69, 9.17) is 38.9 Å². The zero-order valence-corrected chi connectivity index (χ0v) is 39.3. The highest BCUT2D eigenvalue weighted by Gasteiger charge is 2.42. The molecule has 5 rings (SSSR count). The van der Waals surface area contributed by atoms with E-state index in [-0.39, 0.29) is 12.2 Å². The second-order valence-electron chi connectivity index (χ2n) is 18.0. The van der Waals surface area contributed by atoms with Crippen molar-refractivity contribution in [2.24, 2.45) is 0 Å². The molecule has 58 heavy (non-hydrogen) atoms. The fraction of sp³-hybridized carbons (Fsp3) is 0.583. The molecule has 2 aromatic heterocycles. The standard InChI is InChI=1S/C48H72N4O4Si2/c1-10-13-25-42-46(56-42)39-24-22-27-41(45(39)48-50-35-44(37(5)52-48)54-29-19-21-33-58(8,9)31-15-12-3)55-40-26-17-16-23-38(40)47-49-34-43(36(4)51-47)53-28-18-20-32-57(6,7)30-14-11-2/h16-17,22-24,26-27,34-35,42,46H,10-15,18-21,25,28-33H2,1-9H3/t42-,46-/m0/s1. The predicted octanol–water partition coefficient (Wildman–Crippen LogP) is 14.0. The number of nitrogens with zero attached hydrogens (tertiary/aromatic N) is 4. The number of epoxide rings is 1. The van der Waals surface area contributed by atoms with Gasteiger partial charge in [0.05, 0.1) is 54.2 Å². The van der Waals surface area contributed by atoms with E-state index in [1.165, 1.54) is 62.7 Å². The van der Waals surface area contributed by atoms with Crippen molar-refractivity contribution < 1.29 is 18.9 Å². The van der Waals surface area contributed by atoms with E-state index in [0.717, 1.165) is 71.7 Å². The highest BCUT2D eigenvalue weighted by atomic mass is 28.3. The minimum absolute atomic E-state index is 0.0292. The highest BCUT2D eigenvalue weighted by Crippen LogP contribution is 2.48. The van der Waals surface area contributed by atoms with Crippen LogP contribution >= 0.6 is 0 Å². The molecule has 0 radical (unpaired) electrons. The van der Waals surface area contributed by atoms with Gasteiger partial charge in [0.2, 0.25) is 0 Å². The van der Waals surface area contributed by atoms with Crippen LogP contribution in [0.2, 0.25) is 50.4 Å². The van der Waals surface area contributed by atoms with Crippen molar-refractivity contribution >= 4 is 16.1 Å². The molecule has 0 N–H and O–H groups in total. The Balaban J connectivity index is 1.32. The Kier molecular flexibility index (Phi) is 17.3. The van der Waals surface area contributed by atoms with E-state index in [9.17, 15) is 0 Å². The van der Waals surface area contributed by atoms with Crippen LogP contribution in [0.3, 0.4) is 0 Å². The van der Waals surface area contributed by atoms with Gasteiger partial charge in [-0.2, -0.15) is 0 Å². The summed E-state index contributed by atoms with van der Waals surface area (Å²) < 4.78 is 25.6. The number of rotatable bonds is 26. The lowest BCUT2D eigenvalue weighted by Crippen LogP contribution is -2.24.